The SMILES string of the molecule is CCC(C)C(NC(=O)C(N)CC(N)=O)C(=O)NC(CC(N)=O)C(=O)NC(CCSC)C(=O)O. The fourth-order valence-electron chi connectivity index (χ4n) is 2.71. The predicted molar refractivity (Wildman–Crippen MR) is 121 cm³/mol. The van der Waals surface area contributed by atoms with Crippen LogP contribution < -0.4 is 33.2 Å². The Bertz CT molecular complexity index is 735. The van der Waals surface area contributed by atoms with E-state index in [9.17, 15) is 33.9 Å². The van der Waals surface area contributed by atoms with Crippen molar-refractivity contribution < 1.29 is 33.9 Å². The predicted octanol–water partition coefficient (Wildman–Crippen LogP) is -2.60. The molecule has 5 amide bonds. The van der Waals surface area contributed by atoms with E-state index in [0.29, 0.717) is 12.2 Å². The van der Waals surface area contributed by atoms with Gasteiger partial charge in [-0.25, -0.2) is 4.79 Å². The van der Waals surface area contributed by atoms with Crippen LogP contribution in [0.4, 0.5) is 0 Å². The van der Waals surface area contributed by atoms with Gasteiger partial charge in [0.1, 0.15) is 18.1 Å². The molecule has 14 heteroatoms. The topological polar surface area (TPSA) is 237 Å². The molecule has 0 aliphatic rings. The van der Waals surface area contributed by atoms with Crippen molar-refractivity contribution in [3.8, 4) is 0 Å². The summed E-state index contributed by atoms with van der Waals surface area (Å²) in [6, 6.07) is -5.13. The molecular weight excluding hydrogens is 456 g/mol. The number of hydrogen-bond acceptors (Lipinski definition) is 8. The highest BCUT2D eigenvalue weighted by Gasteiger charge is 2.33. The van der Waals surface area contributed by atoms with E-state index < -0.39 is 78.4 Å². The number of primary amides is 2. The Hall–Kier alpha value is -2.87. The first-order valence-electron chi connectivity index (χ1n) is 10.3. The molecule has 0 bridgehead atoms. The molecule has 5 unspecified atom stereocenters. The number of amides is 5. The summed E-state index contributed by atoms with van der Waals surface area (Å²) in [6.07, 6.45) is 1.33. The van der Waals surface area contributed by atoms with Crippen molar-refractivity contribution in [3.63, 3.8) is 0 Å². The molecule has 0 radical (unpaired) electrons. The maximum absolute atomic E-state index is 12.9. The zero-order valence-corrected chi connectivity index (χ0v) is 19.8. The van der Waals surface area contributed by atoms with E-state index in [0.717, 1.165) is 0 Å². The van der Waals surface area contributed by atoms with Gasteiger partial charge in [-0.3, -0.25) is 24.0 Å². The highest BCUT2D eigenvalue weighted by Crippen LogP contribution is 2.10. The standard InChI is InChI=1S/C19H34N6O7S/c1-4-9(2)15(25-16(28)10(20)7-13(21)26)18(30)24-12(8-14(22)27)17(29)23-11(19(31)32)5-6-33-3/h9-12,15H,4-8,20H2,1-3H3,(H2,21,26)(H2,22,27)(H,23,29)(H,24,30)(H,25,28)(H,31,32). The summed E-state index contributed by atoms with van der Waals surface area (Å²) in [4.78, 5) is 71.7. The molecule has 0 spiro atoms. The Morgan fingerprint density at radius 1 is 0.879 bits per heavy atom. The van der Waals surface area contributed by atoms with Crippen molar-refractivity contribution in [2.24, 2.45) is 23.1 Å². The van der Waals surface area contributed by atoms with Gasteiger partial charge in [0.05, 0.1) is 18.9 Å². The molecule has 0 rings (SSSR count). The van der Waals surface area contributed by atoms with E-state index in [-0.39, 0.29) is 6.42 Å². The third-order valence-electron chi connectivity index (χ3n) is 4.81. The van der Waals surface area contributed by atoms with Gasteiger partial charge in [-0.15, -0.1) is 0 Å². The summed E-state index contributed by atoms with van der Waals surface area (Å²) in [7, 11) is 0. The first kappa shape index (κ1) is 30.1. The fourth-order valence-corrected chi connectivity index (χ4v) is 3.18. The van der Waals surface area contributed by atoms with E-state index >= 15 is 0 Å². The van der Waals surface area contributed by atoms with Crippen LogP contribution in [0, 0.1) is 5.92 Å². The minimum atomic E-state index is -1.46. The molecule has 33 heavy (non-hydrogen) atoms. The van der Waals surface area contributed by atoms with Gasteiger partial charge in [-0.05, 0) is 24.3 Å². The molecule has 13 nitrogen and oxygen atoms in total. The summed E-state index contributed by atoms with van der Waals surface area (Å²) >= 11 is 1.39. The average molecular weight is 491 g/mol. The first-order valence-corrected chi connectivity index (χ1v) is 11.7. The van der Waals surface area contributed by atoms with Crippen molar-refractivity contribution in [1.29, 1.82) is 0 Å². The number of hydrogen-bond donors (Lipinski definition) is 7. The lowest BCUT2D eigenvalue weighted by Crippen LogP contribution is -2.59. The second kappa shape index (κ2) is 15.1. The molecule has 0 saturated heterocycles. The fraction of sp³-hybridized carbons (Fsp3) is 0.684. The number of rotatable bonds is 16. The summed E-state index contributed by atoms with van der Waals surface area (Å²) in [6.45, 7) is 3.42. The number of thioether (sulfide) groups is 1. The Morgan fingerprint density at radius 2 is 1.42 bits per heavy atom. The minimum absolute atomic E-state index is 0.128. The number of carboxylic acids is 1. The zero-order valence-electron chi connectivity index (χ0n) is 19.0. The van der Waals surface area contributed by atoms with E-state index in [1.54, 1.807) is 20.1 Å². The van der Waals surface area contributed by atoms with Crippen LogP contribution in [0.2, 0.25) is 0 Å². The third kappa shape index (κ3) is 11.5. The number of carboxylic acid groups (broad SMARTS) is 1. The van der Waals surface area contributed by atoms with Crippen molar-refractivity contribution in [2.45, 2.75) is 63.7 Å². The van der Waals surface area contributed by atoms with E-state index in [1.165, 1.54) is 11.8 Å². The van der Waals surface area contributed by atoms with Gasteiger partial charge in [0.15, 0.2) is 0 Å². The number of aliphatic carboxylic acids is 1. The maximum Gasteiger partial charge on any atom is 0.326 e. The van der Waals surface area contributed by atoms with Gasteiger partial charge in [0.2, 0.25) is 29.5 Å². The molecule has 0 aromatic heterocycles. The lowest BCUT2D eigenvalue weighted by Gasteiger charge is -2.27. The number of carbonyl (C=O) groups excluding carboxylic acids is 5. The zero-order chi connectivity index (χ0) is 25.7. The quantitative estimate of drug-likeness (QED) is 0.120. The van der Waals surface area contributed by atoms with Crippen LogP contribution in [0.25, 0.3) is 0 Å². The Labute approximate surface area is 196 Å². The highest BCUT2D eigenvalue weighted by molar-refractivity contribution is 7.98. The Kier molecular flexibility index (Phi) is 13.7. The van der Waals surface area contributed by atoms with Crippen LogP contribution in [-0.2, 0) is 28.8 Å². The van der Waals surface area contributed by atoms with Crippen molar-refractivity contribution in [3.05, 3.63) is 0 Å². The third-order valence-corrected chi connectivity index (χ3v) is 5.46. The molecular formula is C19H34N6O7S. The Morgan fingerprint density at radius 3 is 1.88 bits per heavy atom. The second-order valence-corrected chi connectivity index (χ2v) is 8.55. The molecule has 0 aliphatic carbocycles. The average Bonchev–Trinajstić information content (AvgIpc) is 2.72. The summed E-state index contributed by atoms with van der Waals surface area (Å²) in [5.74, 6) is -5.44. The molecule has 0 aliphatic heterocycles. The lowest BCUT2D eigenvalue weighted by atomic mass is 9.97. The van der Waals surface area contributed by atoms with Gasteiger partial charge in [0.25, 0.3) is 0 Å². The number of carbonyl (C=O) groups is 6. The van der Waals surface area contributed by atoms with E-state index in [1.807, 2.05) is 0 Å². The Balaban J connectivity index is 5.55. The van der Waals surface area contributed by atoms with E-state index in [4.69, 9.17) is 17.2 Å². The molecule has 0 fully saturated rings. The lowest BCUT2D eigenvalue weighted by molar-refractivity contribution is -0.142. The number of nitrogens with two attached hydrogens (primary N) is 3. The van der Waals surface area contributed by atoms with Crippen molar-refractivity contribution in [2.75, 3.05) is 12.0 Å². The monoisotopic (exact) mass is 490 g/mol. The highest BCUT2D eigenvalue weighted by atomic mass is 32.2. The van der Waals surface area contributed by atoms with Crippen LogP contribution in [-0.4, -0.2) is 76.8 Å². The van der Waals surface area contributed by atoms with Crippen LogP contribution >= 0.6 is 11.8 Å². The van der Waals surface area contributed by atoms with Gasteiger partial charge in [0, 0.05) is 0 Å². The van der Waals surface area contributed by atoms with Gasteiger partial charge in [-0.1, -0.05) is 20.3 Å². The molecule has 10 N–H and O–H groups in total. The molecule has 0 aromatic rings. The largest absolute Gasteiger partial charge is 0.480 e. The van der Waals surface area contributed by atoms with E-state index in [2.05, 4.69) is 16.0 Å². The van der Waals surface area contributed by atoms with Crippen LogP contribution in [0.5, 0.6) is 0 Å². The normalized spacial score (nSPS) is 15.3. The molecule has 0 saturated carbocycles. The van der Waals surface area contributed by atoms with Crippen LogP contribution in [0.3, 0.4) is 0 Å². The van der Waals surface area contributed by atoms with Crippen molar-refractivity contribution in [1.82, 2.24) is 16.0 Å². The van der Waals surface area contributed by atoms with Crippen LogP contribution in [0.15, 0.2) is 0 Å². The van der Waals surface area contributed by atoms with Crippen LogP contribution in [0.1, 0.15) is 39.5 Å². The van der Waals surface area contributed by atoms with Gasteiger partial charge in [-0.2, -0.15) is 11.8 Å². The first-order chi connectivity index (χ1) is 15.3. The second-order valence-electron chi connectivity index (χ2n) is 7.56. The number of nitrogens with one attached hydrogen (secondary N) is 3. The molecule has 188 valence electrons. The summed E-state index contributed by atoms with van der Waals surface area (Å²) < 4.78 is 0. The summed E-state index contributed by atoms with van der Waals surface area (Å²) in [5.41, 5.74) is 15.8. The summed E-state index contributed by atoms with van der Waals surface area (Å²) in [5, 5.41) is 16.4. The smallest absolute Gasteiger partial charge is 0.326 e. The molecule has 0 aromatic carbocycles. The van der Waals surface area contributed by atoms with Gasteiger partial charge >= 0.3 is 5.97 Å². The van der Waals surface area contributed by atoms with Gasteiger partial charge < -0.3 is 38.3 Å². The molecule has 5 atom stereocenters. The maximum atomic E-state index is 12.9. The molecule has 0 heterocycles. The van der Waals surface area contributed by atoms with Crippen molar-refractivity contribution >= 4 is 47.3 Å². The minimum Gasteiger partial charge on any atom is -0.480 e.